The van der Waals surface area contributed by atoms with Crippen molar-refractivity contribution in [2.24, 2.45) is 0 Å². The Labute approximate surface area is 81.3 Å². The van der Waals surface area contributed by atoms with E-state index in [1.807, 2.05) is 32.9 Å². The Morgan fingerprint density at radius 3 is 2.15 bits per heavy atom. The fourth-order valence-corrected chi connectivity index (χ4v) is 0.908. The minimum absolute atomic E-state index is 0.828. The van der Waals surface area contributed by atoms with Crippen molar-refractivity contribution in [3.05, 3.63) is 42.0 Å². The zero-order valence-electron chi connectivity index (χ0n) is 8.75. The van der Waals surface area contributed by atoms with E-state index in [1.54, 1.807) is 0 Å². The lowest BCUT2D eigenvalue weighted by molar-refractivity contribution is 1.26. The highest BCUT2D eigenvalue weighted by Crippen LogP contribution is 2.05. The van der Waals surface area contributed by atoms with Gasteiger partial charge in [-0.1, -0.05) is 38.1 Å². The van der Waals surface area contributed by atoms with Crippen molar-refractivity contribution in [3.8, 4) is 0 Å². The molecule has 0 aliphatic heterocycles. The predicted molar refractivity (Wildman–Crippen MR) is 60.7 cm³/mol. The molecule has 0 bridgehead atoms. The predicted octanol–water partition coefficient (Wildman–Crippen LogP) is 3.41. The Kier molecular flexibility index (Phi) is 6.70. The standard InChI is InChI=1S/C10H13N.C2H6/c1-2-3-4-9-5-7-10(11)8-6-9;1-2/h2-3,5-8H,4,11H2,1H3;1-2H3/b3-2+;. The topological polar surface area (TPSA) is 26.0 Å². The summed E-state index contributed by atoms with van der Waals surface area (Å²) in [7, 11) is 0. The summed E-state index contributed by atoms with van der Waals surface area (Å²) in [6.07, 6.45) is 5.18. The van der Waals surface area contributed by atoms with Crippen LogP contribution < -0.4 is 5.73 Å². The molecule has 1 aromatic carbocycles. The number of rotatable bonds is 2. The quantitative estimate of drug-likeness (QED) is 0.543. The lowest BCUT2D eigenvalue weighted by Gasteiger charge is -1.95. The van der Waals surface area contributed by atoms with Gasteiger partial charge in [0.1, 0.15) is 0 Å². The molecule has 1 nitrogen and oxygen atoms in total. The molecule has 0 saturated heterocycles. The van der Waals surface area contributed by atoms with Gasteiger partial charge in [-0.15, -0.1) is 0 Å². The molecule has 0 unspecified atom stereocenters. The minimum atomic E-state index is 0.828. The molecule has 1 rings (SSSR count). The van der Waals surface area contributed by atoms with Crippen molar-refractivity contribution in [3.63, 3.8) is 0 Å². The van der Waals surface area contributed by atoms with E-state index in [1.165, 1.54) is 5.56 Å². The van der Waals surface area contributed by atoms with Crippen LogP contribution in [0.15, 0.2) is 36.4 Å². The van der Waals surface area contributed by atoms with E-state index in [0.29, 0.717) is 0 Å². The number of anilines is 1. The van der Waals surface area contributed by atoms with Gasteiger partial charge in [0.15, 0.2) is 0 Å². The van der Waals surface area contributed by atoms with Gasteiger partial charge in [-0.2, -0.15) is 0 Å². The van der Waals surface area contributed by atoms with Gasteiger partial charge in [0, 0.05) is 5.69 Å². The first-order chi connectivity index (χ1) is 6.33. The number of hydrogen-bond donors (Lipinski definition) is 1. The number of nitrogen functional groups attached to an aromatic ring is 1. The van der Waals surface area contributed by atoms with Crippen LogP contribution >= 0.6 is 0 Å². The molecule has 0 spiro atoms. The summed E-state index contributed by atoms with van der Waals surface area (Å²) in [6.45, 7) is 6.03. The van der Waals surface area contributed by atoms with E-state index in [9.17, 15) is 0 Å². The molecule has 0 aliphatic carbocycles. The third kappa shape index (κ3) is 5.07. The molecule has 0 atom stereocenters. The lowest BCUT2D eigenvalue weighted by Crippen LogP contribution is -1.85. The van der Waals surface area contributed by atoms with Gasteiger partial charge >= 0.3 is 0 Å². The Bertz CT molecular complexity index is 234. The second-order valence-electron chi connectivity index (χ2n) is 2.51. The largest absolute Gasteiger partial charge is 0.399 e. The molecule has 0 amide bonds. The summed E-state index contributed by atoms with van der Waals surface area (Å²) < 4.78 is 0. The van der Waals surface area contributed by atoms with E-state index in [2.05, 4.69) is 24.3 Å². The second-order valence-corrected chi connectivity index (χ2v) is 2.51. The van der Waals surface area contributed by atoms with E-state index < -0.39 is 0 Å². The van der Waals surface area contributed by atoms with Crippen LogP contribution in [0.3, 0.4) is 0 Å². The van der Waals surface area contributed by atoms with E-state index in [4.69, 9.17) is 5.73 Å². The number of benzene rings is 1. The first kappa shape index (κ1) is 11.8. The Hall–Kier alpha value is -1.24. The Balaban J connectivity index is 0.000000671. The maximum Gasteiger partial charge on any atom is 0.0314 e. The van der Waals surface area contributed by atoms with Crippen LogP contribution in [0, 0.1) is 0 Å². The molecular weight excluding hydrogens is 158 g/mol. The van der Waals surface area contributed by atoms with Gasteiger partial charge in [-0.05, 0) is 31.0 Å². The maximum absolute atomic E-state index is 5.54. The molecule has 0 aliphatic rings. The Morgan fingerprint density at radius 1 is 1.15 bits per heavy atom. The van der Waals surface area contributed by atoms with E-state index >= 15 is 0 Å². The maximum atomic E-state index is 5.54. The van der Waals surface area contributed by atoms with Crippen molar-refractivity contribution in [2.45, 2.75) is 27.2 Å². The SMILES string of the molecule is C/C=C/Cc1ccc(N)cc1.CC. The van der Waals surface area contributed by atoms with Crippen LogP contribution in [0.5, 0.6) is 0 Å². The second kappa shape index (κ2) is 7.41. The number of nitrogens with two attached hydrogens (primary N) is 1. The van der Waals surface area contributed by atoms with Gasteiger partial charge in [-0.25, -0.2) is 0 Å². The van der Waals surface area contributed by atoms with Crippen LogP contribution in [0.4, 0.5) is 5.69 Å². The monoisotopic (exact) mass is 177 g/mol. The third-order valence-electron chi connectivity index (χ3n) is 1.57. The highest BCUT2D eigenvalue weighted by atomic mass is 14.5. The fraction of sp³-hybridized carbons (Fsp3) is 0.333. The van der Waals surface area contributed by atoms with Crippen molar-refractivity contribution in [1.29, 1.82) is 0 Å². The summed E-state index contributed by atoms with van der Waals surface area (Å²) in [5, 5.41) is 0. The lowest BCUT2D eigenvalue weighted by atomic mass is 10.1. The fourth-order valence-electron chi connectivity index (χ4n) is 0.908. The molecule has 13 heavy (non-hydrogen) atoms. The molecule has 1 aromatic rings. The van der Waals surface area contributed by atoms with Crippen LogP contribution in [-0.2, 0) is 6.42 Å². The van der Waals surface area contributed by atoms with Crippen molar-refractivity contribution < 1.29 is 0 Å². The average molecular weight is 177 g/mol. The van der Waals surface area contributed by atoms with Crippen LogP contribution in [-0.4, -0.2) is 0 Å². The van der Waals surface area contributed by atoms with Gasteiger partial charge in [-0.3, -0.25) is 0 Å². The molecule has 0 fully saturated rings. The van der Waals surface area contributed by atoms with Gasteiger partial charge in [0.05, 0.1) is 0 Å². The zero-order chi connectivity index (χ0) is 10.1. The van der Waals surface area contributed by atoms with Crippen molar-refractivity contribution in [1.82, 2.24) is 0 Å². The molecule has 0 radical (unpaired) electrons. The average Bonchev–Trinajstić information content (AvgIpc) is 2.20. The van der Waals surface area contributed by atoms with Crippen LogP contribution in [0.2, 0.25) is 0 Å². The normalized spacial score (nSPS) is 9.46. The number of allylic oxidation sites excluding steroid dienone is 2. The van der Waals surface area contributed by atoms with Crippen molar-refractivity contribution >= 4 is 5.69 Å². The highest BCUT2D eigenvalue weighted by Gasteiger charge is 1.87. The highest BCUT2D eigenvalue weighted by molar-refractivity contribution is 5.39. The summed E-state index contributed by atoms with van der Waals surface area (Å²) in [6, 6.07) is 7.96. The van der Waals surface area contributed by atoms with E-state index in [0.717, 1.165) is 12.1 Å². The van der Waals surface area contributed by atoms with Crippen LogP contribution in [0.1, 0.15) is 26.3 Å². The molecule has 2 N–H and O–H groups in total. The molecule has 0 saturated carbocycles. The zero-order valence-corrected chi connectivity index (χ0v) is 8.75. The number of hydrogen-bond acceptors (Lipinski definition) is 1. The first-order valence-corrected chi connectivity index (χ1v) is 4.78. The van der Waals surface area contributed by atoms with E-state index in [-0.39, 0.29) is 0 Å². The smallest absolute Gasteiger partial charge is 0.0314 e. The summed E-state index contributed by atoms with van der Waals surface area (Å²) >= 11 is 0. The molecule has 0 aromatic heterocycles. The Morgan fingerprint density at radius 2 is 1.69 bits per heavy atom. The van der Waals surface area contributed by atoms with Crippen molar-refractivity contribution in [2.75, 3.05) is 5.73 Å². The molecule has 1 heteroatoms. The van der Waals surface area contributed by atoms with Gasteiger partial charge in [0.25, 0.3) is 0 Å². The molecule has 72 valence electrons. The summed E-state index contributed by atoms with van der Waals surface area (Å²) in [5.41, 5.74) is 7.67. The van der Waals surface area contributed by atoms with Crippen LogP contribution in [0.25, 0.3) is 0 Å². The minimum Gasteiger partial charge on any atom is -0.399 e. The molecule has 0 heterocycles. The first-order valence-electron chi connectivity index (χ1n) is 4.78. The summed E-state index contributed by atoms with van der Waals surface area (Å²) in [5.74, 6) is 0. The van der Waals surface area contributed by atoms with Gasteiger partial charge < -0.3 is 5.73 Å². The third-order valence-corrected chi connectivity index (χ3v) is 1.57. The van der Waals surface area contributed by atoms with Gasteiger partial charge in [0.2, 0.25) is 0 Å². The summed E-state index contributed by atoms with van der Waals surface area (Å²) in [4.78, 5) is 0. The molecular formula is C12H19N.